The van der Waals surface area contributed by atoms with E-state index < -0.39 is 6.04 Å². The fourth-order valence-corrected chi connectivity index (χ4v) is 2.64. The van der Waals surface area contributed by atoms with E-state index in [1.165, 1.54) is 0 Å². The Morgan fingerprint density at radius 2 is 1.94 bits per heavy atom. The molecule has 4 nitrogen and oxygen atoms in total. The van der Waals surface area contributed by atoms with Gasteiger partial charge < -0.3 is 0 Å². The van der Waals surface area contributed by atoms with Crippen LogP contribution in [0.4, 0.5) is 0 Å². The lowest BCUT2D eigenvalue weighted by Gasteiger charge is -2.32. The number of rotatable bonds is 3. The maximum atomic E-state index is 11.4. The van der Waals surface area contributed by atoms with Crippen LogP contribution in [-0.4, -0.2) is 36.0 Å². The summed E-state index contributed by atoms with van der Waals surface area (Å²) in [5.41, 5.74) is 1.05. The Kier molecular flexibility index (Phi) is 3.77. The third-order valence-corrected chi connectivity index (χ3v) is 3.55. The van der Waals surface area contributed by atoms with Crippen LogP contribution in [0.1, 0.15) is 17.9 Å². The topological polar surface area (TPSA) is 46.4 Å². The van der Waals surface area contributed by atoms with Gasteiger partial charge in [0.15, 0.2) is 0 Å². The molecule has 1 aromatic rings. The third kappa shape index (κ3) is 2.43. The molecule has 0 amide bonds. The minimum atomic E-state index is -0.576. The monoisotopic (exact) mass is 246 g/mol. The molecule has 1 aliphatic rings. The molecule has 0 aromatic heterocycles. The van der Waals surface area contributed by atoms with Crippen molar-refractivity contribution in [2.24, 2.45) is 0 Å². The molecule has 18 heavy (non-hydrogen) atoms. The Hall–Kier alpha value is -1.68. The van der Waals surface area contributed by atoms with Crippen molar-refractivity contribution in [2.45, 2.75) is 24.4 Å². The highest BCUT2D eigenvalue weighted by Crippen LogP contribution is 2.32. The summed E-state index contributed by atoms with van der Waals surface area (Å²) in [7, 11) is 3.78. The first-order valence-electron chi connectivity index (χ1n) is 6.13. The fraction of sp³-hybridized carbons (Fsp3) is 0.429. The van der Waals surface area contributed by atoms with Crippen molar-refractivity contribution < 1.29 is 4.92 Å². The summed E-state index contributed by atoms with van der Waals surface area (Å²) >= 11 is 0. The highest BCUT2D eigenvalue weighted by molar-refractivity contribution is 5.25. The first-order chi connectivity index (χ1) is 8.61. The van der Waals surface area contributed by atoms with Crippen LogP contribution in [0.15, 0.2) is 42.5 Å². The van der Waals surface area contributed by atoms with Crippen LogP contribution in [0.25, 0.3) is 0 Å². The van der Waals surface area contributed by atoms with Gasteiger partial charge in [-0.2, -0.15) is 0 Å². The van der Waals surface area contributed by atoms with E-state index in [4.69, 9.17) is 0 Å². The summed E-state index contributed by atoms with van der Waals surface area (Å²) in [6, 6.07) is 9.06. The van der Waals surface area contributed by atoms with Crippen LogP contribution in [0.2, 0.25) is 0 Å². The maximum absolute atomic E-state index is 11.4. The van der Waals surface area contributed by atoms with Crippen LogP contribution >= 0.6 is 0 Å². The number of allylic oxidation sites excluding steroid dienone is 1. The van der Waals surface area contributed by atoms with E-state index in [2.05, 4.69) is 6.08 Å². The van der Waals surface area contributed by atoms with E-state index in [1.807, 2.05) is 55.4 Å². The first-order valence-corrected chi connectivity index (χ1v) is 6.13. The van der Waals surface area contributed by atoms with E-state index in [9.17, 15) is 10.1 Å². The van der Waals surface area contributed by atoms with E-state index in [-0.39, 0.29) is 16.9 Å². The molecule has 0 heterocycles. The number of hydrogen-bond donors (Lipinski definition) is 0. The number of benzene rings is 1. The molecule has 0 saturated heterocycles. The number of likely N-dealkylation sites (N-methyl/N-ethyl adjacent to an activating group) is 1. The average molecular weight is 246 g/mol. The molecule has 4 heteroatoms. The van der Waals surface area contributed by atoms with Crippen molar-refractivity contribution >= 4 is 0 Å². The van der Waals surface area contributed by atoms with Crippen LogP contribution < -0.4 is 0 Å². The van der Waals surface area contributed by atoms with Crippen LogP contribution in [-0.2, 0) is 0 Å². The third-order valence-electron chi connectivity index (χ3n) is 3.55. The Labute approximate surface area is 107 Å². The molecule has 2 rings (SSSR count). The Bertz CT molecular complexity index is 442. The lowest BCUT2D eigenvalue weighted by molar-refractivity contribution is -0.532. The quantitative estimate of drug-likeness (QED) is 0.467. The van der Waals surface area contributed by atoms with Crippen LogP contribution in [0, 0.1) is 10.1 Å². The molecular formula is C14H18N2O2. The van der Waals surface area contributed by atoms with Crippen molar-refractivity contribution in [1.29, 1.82) is 0 Å². The summed E-state index contributed by atoms with van der Waals surface area (Å²) in [5, 5.41) is 11.4. The molecule has 96 valence electrons. The van der Waals surface area contributed by atoms with Gasteiger partial charge in [-0.1, -0.05) is 42.5 Å². The first kappa shape index (κ1) is 12.8. The molecule has 1 aromatic carbocycles. The second kappa shape index (κ2) is 5.31. The largest absolute Gasteiger partial charge is 0.297 e. The molecule has 0 bridgehead atoms. The summed E-state index contributed by atoms with van der Waals surface area (Å²) in [4.78, 5) is 13.2. The van der Waals surface area contributed by atoms with Crippen molar-refractivity contribution in [3.8, 4) is 0 Å². The standard InChI is InChI=1S/C14H18N2O2/c1-15(2)13-10-6-9-12(14(13)16(17)18)11-7-4-3-5-8-11/h3-8,10,12-14H,9H2,1-2H3/t12-,13+,14-/m0/s1. The minimum Gasteiger partial charge on any atom is -0.297 e. The normalized spacial score (nSPS) is 27.4. The van der Waals surface area contributed by atoms with Crippen LogP contribution in [0.3, 0.4) is 0 Å². The Morgan fingerprint density at radius 3 is 2.50 bits per heavy atom. The zero-order valence-corrected chi connectivity index (χ0v) is 10.7. The molecule has 0 spiro atoms. The molecule has 0 saturated carbocycles. The lowest BCUT2D eigenvalue weighted by Crippen LogP contribution is -2.47. The van der Waals surface area contributed by atoms with Crippen molar-refractivity contribution in [2.75, 3.05) is 14.1 Å². The molecule has 3 atom stereocenters. The molecule has 0 unspecified atom stereocenters. The number of nitrogens with zero attached hydrogens (tertiary/aromatic N) is 2. The SMILES string of the molecule is CN(C)[C@@H]1C=CC[C@@H](c2ccccc2)[C@@H]1[N+](=O)[O-]. The van der Waals surface area contributed by atoms with Gasteiger partial charge >= 0.3 is 0 Å². The number of nitro groups is 1. The Morgan fingerprint density at radius 1 is 1.28 bits per heavy atom. The average Bonchev–Trinajstić information content (AvgIpc) is 2.38. The van der Waals surface area contributed by atoms with Crippen molar-refractivity contribution in [3.05, 3.63) is 58.2 Å². The minimum absolute atomic E-state index is 0.0430. The van der Waals surface area contributed by atoms with E-state index in [0.717, 1.165) is 12.0 Å². The smallest absolute Gasteiger partial charge is 0.238 e. The summed E-state index contributed by atoms with van der Waals surface area (Å²) in [6.07, 6.45) is 4.75. The fourth-order valence-electron chi connectivity index (χ4n) is 2.64. The van der Waals surface area contributed by atoms with E-state index >= 15 is 0 Å². The van der Waals surface area contributed by atoms with Gasteiger partial charge in [-0.15, -0.1) is 0 Å². The van der Waals surface area contributed by atoms with Gasteiger partial charge in [0.2, 0.25) is 6.04 Å². The summed E-state index contributed by atoms with van der Waals surface area (Å²) in [6.45, 7) is 0. The molecule has 0 aliphatic heterocycles. The van der Waals surface area contributed by atoms with Gasteiger partial charge in [0.25, 0.3) is 0 Å². The van der Waals surface area contributed by atoms with Gasteiger partial charge in [0.05, 0.1) is 12.0 Å². The van der Waals surface area contributed by atoms with Gasteiger partial charge in [0, 0.05) is 4.92 Å². The Balaban J connectivity index is 2.35. The van der Waals surface area contributed by atoms with Crippen LogP contribution in [0.5, 0.6) is 0 Å². The highest BCUT2D eigenvalue weighted by Gasteiger charge is 2.41. The molecule has 0 fully saturated rings. The van der Waals surface area contributed by atoms with E-state index in [0.29, 0.717) is 0 Å². The van der Waals surface area contributed by atoms with Gasteiger partial charge in [-0.25, -0.2) is 0 Å². The predicted molar refractivity (Wildman–Crippen MR) is 71.2 cm³/mol. The highest BCUT2D eigenvalue weighted by atomic mass is 16.6. The maximum Gasteiger partial charge on any atom is 0.238 e. The second-order valence-corrected chi connectivity index (χ2v) is 4.91. The molecule has 1 aliphatic carbocycles. The molecule has 0 radical (unpaired) electrons. The van der Waals surface area contributed by atoms with Gasteiger partial charge in [-0.3, -0.25) is 15.0 Å². The zero-order chi connectivity index (χ0) is 13.1. The molecular weight excluding hydrogens is 228 g/mol. The summed E-state index contributed by atoms with van der Waals surface area (Å²) in [5.74, 6) is -0.0430. The second-order valence-electron chi connectivity index (χ2n) is 4.91. The zero-order valence-electron chi connectivity index (χ0n) is 10.7. The molecule has 0 N–H and O–H groups in total. The van der Waals surface area contributed by atoms with Gasteiger partial charge in [0.1, 0.15) is 0 Å². The van der Waals surface area contributed by atoms with E-state index in [1.54, 1.807) is 0 Å². The predicted octanol–water partition coefficient (Wildman–Crippen LogP) is 2.31. The van der Waals surface area contributed by atoms with Crippen molar-refractivity contribution in [3.63, 3.8) is 0 Å². The lowest BCUT2D eigenvalue weighted by atomic mass is 9.81. The van der Waals surface area contributed by atoms with Gasteiger partial charge in [-0.05, 0) is 26.1 Å². The summed E-state index contributed by atoms with van der Waals surface area (Å²) < 4.78 is 0. The number of hydrogen-bond acceptors (Lipinski definition) is 3. The van der Waals surface area contributed by atoms with Crippen molar-refractivity contribution in [1.82, 2.24) is 4.90 Å².